The SMILES string of the molecule is CN1CCN(c2nccc3cc(-c4ccc(OC5CCNCC5)cc4)ccc23)CC1.O=C(O)C(F)(F)F.O=C(O)C(F)(F)F. The highest BCUT2D eigenvalue weighted by atomic mass is 19.4. The number of carboxylic acids is 2. The lowest BCUT2D eigenvalue weighted by Crippen LogP contribution is -2.44. The molecule has 15 heteroatoms. The number of nitrogens with zero attached hydrogens (tertiary/aromatic N) is 3. The predicted molar refractivity (Wildman–Crippen MR) is 151 cm³/mol. The molecule has 5 rings (SSSR count). The van der Waals surface area contributed by atoms with Gasteiger partial charge in [0.25, 0.3) is 0 Å². The van der Waals surface area contributed by atoms with Gasteiger partial charge in [-0.3, -0.25) is 0 Å². The second-order valence-electron chi connectivity index (χ2n) is 10.1. The minimum Gasteiger partial charge on any atom is -0.490 e. The molecule has 3 N–H and O–H groups in total. The highest BCUT2D eigenvalue weighted by Crippen LogP contribution is 2.31. The predicted octanol–water partition coefficient (Wildman–Crippen LogP) is 5.05. The zero-order valence-corrected chi connectivity index (χ0v) is 23.7. The van der Waals surface area contributed by atoms with Gasteiger partial charge in [-0.25, -0.2) is 14.6 Å². The number of carboxylic acid groups (broad SMARTS) is 2. The monoisotopic (exact) mass is 630 g/mol. The van der Waals surface area contributed by atoms with E-state index in [1.165, 1.54) is 21.9 Å². The molecule has 0 unspecified atom stereocenters. The molecule has 2 aromatic carbocycles. The van der Waals surface area contributed by atoms with Crippen LogP contribution in [0.3, 0.4) is 0 Å². The minimum atomic E-state index is -5.08. The quantitative estimate of drug-likeness (QED) is 0.341. The summed E-state index contributed by atoms with van der Waals surface area (Å²) < 4.78 is 69.6. The number of pyridine rings is 1. The molecule has 3 heterocycles. The van der Waals surface area contributed by atoms with Gasteiger partial charge in [0, 0.05) is 37.8 Å². The summed E-state index contributed by atoms with van der Waals surface area (Å²) in [5, 5.41) is 20.1. The van der Waals surface area contributed by atoms with Gasteiger partial charge >= 0.3 is 24.3 Å². The van der Waals surface area contributed by atoms with Crippen LogP contribution in [-0.2, 0) is 9.59 Å². The van der Waals surface area contributed by atoms with Gasteiger partial charge in [0.1, 0.15) is 17.7 Å². The topological polar surface area (TPSA) is 115 Å². The van der Waals surface area contributed by atoms with Crippen molar-refractivity contribution in [3.8, 4) is 16.9 Å². The maximum absolute atomic E-state index is 10.6. The van der Waals surface area contributed by atoms with Crippen molar-refractivity contribution in [1.82, 2.24) is 15.2 Å². The molecule has 0 radical (unpaired) electrons. The Kier molecular flexibility index (Phi) is 11.8. The number of ether oxygens (including phenoxy) is 1. The van der Waals surface area contributed by atoms with Crippen molar-refractivity contribution in [2.75, 3.05) is 51.2 Å². The number of nitrogens with one attached hydrogen (secondary N) is 1. The average Bonchev–Trinajstić information content (AvgIpc) is 2.98. The number of alkyl halides is 6. The first-order valence-corrected chi connectivity index (χ1v) is 13.6. The Hall–Kier alpha value is -4.11. The smallest absolute Gasteiger partial charge is 0.490 e. The van der Waals surface area contributed by atoms with E-state index < -0.39 is 24.3 Å². The molecule has 0 atom stereocenters. The van der Waals surface area contributed by atoms with Crippen LogP contribution in [0.2, 0.25) is 0 Å². The number of piperazine rings is 1. The van der Waals surface area contributed by atoms with Gasteiger partial charge in [-0.2, -0.15) is 26.3 Å². The number of benzene rings is 2. The number of piperidine rings is 1. The highest BCUT2D eigenvalue weighted by molar-refractivity contribution is 5.95. The molecule has 0 spiro atoms. The molecular formula is C29H32F6N4O5. The molecule has 0 amide bonds. The fraction of sp³-hybridized carbons (Fsp3) is 0.414. The number of rotatable bonds is 4. The summed E-state index contributed by atoms with van der Waals surface area (Å²) in [6.45, 7) is 6.32. The first kappa shape index (κ1) is 34.4. The van der Waals surface area contributed by atoms with Crippen LogP contribution >= 0.6 is 0 Å². The maximum atomic E-state index is 10.6. The number of anilines is 1. The van der Waals surface area contributed by atoms with E-state index in [0.717, 1.165) is 63.7 Å². The van der Waals surface area contributed by atoms with Crippen LogP contribution in [0.1, 0.15) is 12.8 Å². The summed E-state index contributed by atoms with van der Waals surface area (Å²) in [5.74, 6) is -3.44. The molecule has 3 aromatic rings. The van der Waals surface area contributed by atoms with E-state index in [2.05, 4.69) is 70.7 Å². The Morgan fingerprint density at radius 1 is 0.841 bits per heavy atom. The van der Waals surface area contributed by atoms with Crippen molar-refractivity contribution < 1.29 is 50.9 Å². The number of aliphatic carboxylic acids is 2. The van der Waals surface area contributed by atoms with Crippen LogP contribution in [0.15, 0.2) is 54.7 Å². The molecule has 0 aliphatic carbocycles. The molecule has 2 aliphatic heterocycles. The van der Waals surface area contributed by atoms with Crippen molar-refractivity contribution in [2.45, 2.75) is 31.3 Å². The van der Waals surface area contributed by atoms with Crippen molar-refractivity contribution in [1.29, 1.82) is 0 Å². The third-order valence-corrected chi connectivity index (χ3v) is 6.81. The Morgan fingerprint density at radius 2 is 1.36 bits per heavy atom. The van der Waals surface area contributed by atoms with Crippen molar-refractivity contribution in [3.05, 3.63) is 54.7 Å². The van der Waals surface area contributed by atoms with Crippen LogP contribution < -0.4 is 15.0 Å². The van der Waals surface area contributed by atoms with E-state index in [4.69, 9.17) is 29.5 Å². The van der Waals surface area contributed by atoms with Gasteiger partial charge in [-0.1, -0.05) is 24.3 Å². The summed E-state index contributed by atoms with van der Waals surface area (Å²) in [6.07, 6.45) is -5.74. The summed E-state index contributed by atoms with van der Waals surface area (Å²) in [7, 11) is 2.18. The molecule has 9 nitrogen and oxygen atoms in total. The molecule has 2 aliphatic rings. The third-order valence-electron chi connectivity index (χ3n) is 6.81. The standard InChI is InChI=1S/C25H30N4O.2C2HF3O2/c1-28-14-16-29(17-15-28)25-24-7-4-20(18-21(24)8-13-27-25)19-2-5-22(6-3-19)30-23-9-11-26-12-10-23;2*3-2(4,5)1(6)7/h2-8,13,18,23,26H,9-12,14-17H2,1H3;2*(H,6,7). The summed E-state index contributed by atoms with van der Waals surface area (Å²) >= 11 is 0. The van der Waals surface area contributed by atoms with Crippen LogP contribution in [0.4, 0.5) is 32.2 Å². The fourth-order valence-electron chi connectivity index (χ4n) is 4.44. The van der Waals surface area contributed by atoms with Crippen molar-refractivity contribution >= 4 is 28.5 Å². The van der Waals surface area contributed by atoms with E-state index in [0.29, 0.717) is 6.10 Å². The van der Waals surface area contributed by atoms with Gasteiger partial charge < -0.3 is 30.1 Å². The lowest BCUT2D eigenvalue weighted by atomic mass is 10.0. The number of aromatic nitrogens is 1. The van der Waals surface area contributed by atoms with Gasteiger partial charge in [0.2, 0.25) is 0 Å². The Balaban J connectivity index is 0.000000317. The van der Waals surface area contributed by atoms with Crippen molar-refractivity contribution in [3.63, 3.8) is 0 Å². The highest BCUT2D eigenvalue weighted by Gasteiger charge is 2.38. The van der Waals surface area contributed by atoms with E-state index >= 15 is 0 Å². The summed E-state index contributed by atoms with van der Waals surface area (Å²) in [5.41, 5.74) is 2.44. The van der Waals surface area contributed by atoms with Gasteiger partial charge in [0.05, 0.1) is 0 Å². The lowest BCUT2D eigenvalue weighted by molar-refractivity contribution is -0.193. The number of hydrogen-bond acceptors (Lipinski definition) is 7. The van der Waals surface area contributed by atoms with Crippen LogP contribution in [0, 0.1) is 0 Å². The largest absolute Gasteiger partial charge is 0.490 e. The zero-order valence-electron chi connectivity index (χ0n) is 23.7. The van der Waals surface area contributed by atoms with Crippen LogP contribution in [0.25, 0.3) is 21.9 Å². The van der Waals surface area contributed by atoms with Crippen molar-refractivity contribution in [2.24, 2.45) is 0 Å². The molecular weight excluding hydrogens is 598 g/mol. The summed E-state index contributed by atoms with van der Waals surface area (Å²) in [4.78, 5) is 27.3. The molecule has 2 fully saturated rings. The van der Waals surface area contributed by atoms with Gasteiger partial charge in [-0.05, 0) is 73.8 Å². The Bertz CT molecular complexity index is 1360. The molecule has 240 valence electrons. The molecule has 0 saturated carbocycles. The Labute approximate surface area is 249 Å². The van der Waals surface area contributed by atoms with E-state index in [1.807, 2.05) is 6.20 Å². The molecule has 0 bridgehead atoms. The molecule has 44 heavy (non-hydrogen) atoms. The third kappa shape index (κ3) is 10.3. The van der Waals surface area contributed by atoms with Gasteiger partial charge in [0.15, 0.2) is 0 Å². The normalized spacial score (nSPS) is 16.3. The van der Waals surface area contributed by atoms with E-state index in [9.17, 15) is 26.3 Å². The first-order chi connectivity index (χ1) is 20.6. The Morgan fingerprint density at radius 3 is 1.89 bits per heavy atom. The number of carbonyl (C=O) groups is 2. The number of halogens is 6. The maximum Gasteiger partial charge on any atom is 0.490 e. The molecule has 2 saturated heterocycles. The van der Waals surface area contributed by atoms with Crippen LogP contribution in [0.5, 0.6) is 5.75 Å². The zero-order chi connectivity index (χ0) is 32.5. The lowest BCUT2D eigenvalue weighted by Gasteiger charge is -2.33. The number of likely N-dealkylation sites (N-methyl/N-ethyl adjacent to an activating group) is 1. The minimum absolute atomic E-state index is 0.332. The first-order valence-electron chi connectivity index (χ1n) is 13.6. The second-order valence-corrected chi connectivity index (χ2v) is 10.1. The molecule has 1 aromatic heterocycles. The summed E-state index contributed by atoms with van der Waals surface area (Å²) in [6, 6.07) is 17.4. The van der Waals surface area contributed by atoms with Crippen LogP contribution in [-0.4, -0.2) is 96.8 Å². The van der Waals surface area contributed by atoms with Gasteiger partial charge in [-0.15, -0.1) is 0 Å². The number of fused-ring (bicyclic) bond motifs is 1. The second kappa shape index (κ2) is 15.1. The van der Waals surface area contributed by atoms with E-state index in [-0.39, 0.29) is 0 Å². The fourth-order valence-corrected chi connectivity index (χ4v) is 4.44. The number of hydrogen-bond donors (Lipinski definition) is 3. The van der Waals surface area contributed by atoms with E-state index in [1.54, 1.807) is 0 Å². The average molecular weight is 631 g/mol.